The maximum atomic E-state index is 5.47. The second-order valence-electron chi connectivity index (χ2n) is 8.13. The third kappa shape index (κ3) is 3.37. The number of imidazole rings is 1. The highest BCUT2D eigenvalue weighted by Gasteiger charge is 2.23. The Bertz CT molecular complexity index is 1260. The van der Waals surface area contributed by atoms with Gasteiger partial charge < -0.3 is 25.3 Å². The summed E-state index contributed by atoms with van der Waals surface area (Å²) in [5.74, 6) is 0.871. The lowest BCUT2D eigenvalue weighted by atomic mass is 10.1. The summed E-state index contributed by atoms with van der Waals surface area (Å²) in [7, 11) is 0. The van der Waals surface area contributed by atoms with E-state index in [1.54, 1.807) is 0 Å². The number of aromatic nitrogens is 3. The van der Waals surface area contributed by atoms with E-state index in [4.69, 9.17) is 9.72 Å². The lowest BCUT2D eigenvalue weighted by molar-refractivity contribution is 0.122. The second kappa shape index (κ2) is 7.28. The predicted octanol–water partition coefficient (Wildman–Crippen LogP) is 4.31. The predicted molar refractivity (Wildman–Crippen MR) is 124 cm³/mol. The van der Waals surface area contributed by atoms with Gasteiger partial charge in [-0.2, -0.15) is 0 Å². The normalized spacial score (nSPS) is 18.0. The molecule has 0 spiro atoms. The minimum Gasteiger partial charge on any atom is -0.378 e. The Kier molecular flexibility index (Phi) is 4.28. The minimum absolute atomic E-state index is 0.0306. The number of hydrogen-bond acceptors (Lipinski definition) is 6. The average molecular weight is 412 g/mol. The number of benzene rings is 2. The van der Waals surface area contributed by atoms with Crippen LogP contribution in [0.5, 0.6) is 0 Å². The molecule has 7 heteroatoms. The Balaban J connectivity index is 1.28. The number of H-pyrrole nitrogens is 1. The number of nitrogens with zero attached hydrogens (tertiary/aromatic N) is 3. The number of rotatable bonds is 3. The first kappa shape index (κ1) is 18.2. The molecule has 3 N–H and O–H groups in total. The van der Waals surface area contributed by atoms with Crippen LogP contribution < -0.4 is 15.5 Å². The van der Waals surface area contributed by atoms with Crippen LogP contribution in [-0.4, -0.2) is 41.3 Å². The number of aromatic amines is 1. The van der Waals surface area contributed by atoms with E-state index in [2.05, 4.69) is 74.9 Å². The van der Waals surface area contributed by atoms with E-state index in [1.165, 1.54) is 11.3 Å². The molecule has 2 aromatic carbocycles. The average Bonchev–Trinajstić information content (AvgIpc) is 3.43. The van der Waals surface area contributed by atoms with Crippen molar-refractivity contribution in [1.29, 1.82) is 0 Å². The zero-order chi connectivity index (χ0) is 20.8. The lowest BCUT2D eigenvalue weighted by Gasteiger charge is -2.28. The number of hydrogen-bond donors (Lipinski definition) is 3. The summed E-state index contributed by atoms with van der Waals surface area (Å²) in [6.07, 6.45) is 1.82. The Labute approximate surface area is 180 Å². The van der Waals surface area contributed by atoms with E-state index in [1.807, 2.05) is 12.3 Å². The van der Waals surface area contributed by atoms with Gasteiger partial charge in [-0.25, -0.2) is 4.98 Å². The van der Waals surface area contributed by atoms with Crippen molar-refractivity contribution in [3.05, 3.63) is 66.0 Å². The van der Waals surface area contributed by atoms with Gasteiger partial charge in [0, 0.05) is 30.5 Å². The molecule has 156 valence electrons. The second-order valence-corrected chi connectivity index (χ2v) is 8.13. The number of ether oxygens (including phenoxy) is 1. The summed E-state index contributed by atoms with van der Waals surface area (Å²) >= 11 is 0. The Morgan fingerprint density at radius 1 is 0.968 bits per heavy atom. The molecule has 0 aliphatic carbocycles. The highest BCUT2D eigenvalue weighted by molar-refractivity contribution is 5.85. The minimum atomic E-state index is -0.0306. The molecule has 0 bridgehead atoms. The molecule has 1 fully saturated rings. The zero-order valence-electron chi connectivity index (χ0n) is 17.4. The van der Waals surface area contributed by atoms with Gasteiger partial charge in [0.05, 0.1) is 41.3 Å². The van der Waals surface area contributed by atoms with E-state index < -0.39 is 0 Å². The number of morpholine rings is 1. The molecule has 1 saturated heterocycles. The lowest BCUT2D eigenvalue weighted by Crippen LogP contribution is -2.36. The van der Waals surface area contributed by atoms with Crippen molar-refractivity contribution in [2.45, 2.75) is 13.1 Å². The van der Waals surface area contributed by atoms with Crippen LogP contribution >= 0.6 is 0 Å². The van der Waals surface area contributed by atoms with Gasteiger partial charge in [-0.1, -0.05) is 0 Å². The molecular formula is C24H24N6O. The van der Waals surface area contributed by atoms with E-state index in [9.17, 15) is 0 Å². The van der Waals surface area contributed by atoms with E-state index in [0.717, 1.165) is 65.8 Å². The summed E-state index contributed by atoms with van der Waals surface area (Å²) in [5, 5.41) is 7.05. The molecule has 0 amide bonds. The zero-order valence-corrected chi connectivity index (χ0v) is 17.4. The standard InChI is InChI=1S/C24H24N6O/c1-15-6-7-25-22(12-15)24-27-18-4-2-16(13-20(18)29-24)23-26-19-5-3-17(14-21(19)28-23)30-8-10-31-11-9-30/h2-7,12-14,24,27,29H,8-11H2,1H3,(H,26,28). The summed E-state index contributed by atoms with van der Waals surface area (Å²) in [5.41, 5.74) is 8.59. The fourth-order valence-electron chi connectivity index (χ4n) is 4.30. The van der Waals surface area contributed by atoms with Crippen molar-refractivity contribution in [3.63, 3.8) is 0 Å². The first-order valence-electron chi connectivity index (χ1n) is 10.7. The summed E-state index contributed by atoms with van der Waals surface area (Å²) in [6, 6.07) is 16.9. The van der Waals surface area contributed by atoms with E-state index in [-0.39, 0.29) is 6.17 Å². The summed E-state index contributed by atoms with van der Waals surface area (Å²) in [4.78, 5) is 15.2. The summed E-state index contributed by atoms with van der Waals surface area (Å²) in [6.45, 7) is 5.49. The van der Waals surface area contributed by atoms with E-state index in [0.29, 0.717) is 0 Å². The Hall–Kier alpha value is -3.58. The molecule has 6 rings (SSSR count). The fraction of sp³-hybridized carbons (Fsp3) is 0.250. The number of pyridine rings is 1. The Morgan fingerprint density at radius 2 is 1.84 bits per heavy atom. The molecule has 2 aliphatic rings. The molecule has 2 aliphatic heterocycles. The van der Waals surface area contributed by atoms with Crippen LogP contribution in [0, 0.1) is 6.92 Å². The van der Waals surface area contributed by atoms with Gasteiger partial charge >= 0.3 is 0 Å². The quantitative estimate of drug-likeness (QED) is 0.466. The Morgan fingerprint density at radius 3 is 2.71 bits per heavy atom. The molecule has 31 heavy (non-hydrogen) atoms. The molecular weight excluding hydrogens is 388 g/mol. The van der Waals surface area contributed by atoms with Crippen molar-refractivity contribution in [2.75, 3.05) is 41.8 Å². The third-order valence-corrected chi connectivity index (χ3v) is 5.97. The largest absolute Gasteiger partial charge is 0.378 e. The van der Waals surface area contributed by atoms with Gasteiger partial charge in [0.25, 0.3) is 0 Å². The maximum Gasteiger partial charge on any atom is 0.141 e. The molecule has 7 nitrogen and oxygen atoms in total. The van der Waals surface area contributed by atoms with Gasteiger partial charge in [0.15, 0.2) is 0 Å². The third-order valence-electron chi connectivity index (χ3n) is 5.97. The highest BCUT2D eigenvalue weighted by atomic mass is 16.5. The monoisotopic (exact) mass is 412 g/mol. The van der Waals surface area contributed by atoms with Crippen molar-refractivity contribution in [2.24, 2.45) is 0 Å². The number of fused-ring (bicyclic) bond motifs is 2. The number of aryl methyl sites for hydroxylation is 1. The highest BCUT2D eigenvalue weighted by Crippen LogP contribution is 2.37. The van der Waals surface area contributed by atoms with E-state index >= 15 is 0 Å². The number of nitrogens with one attached hydrogen (secondary N) is 3. The SMILES string of the molecule is Cc1ccnc(C2Nc3ccc(-c4nc5ccc(N6CCOCC6)cc5[nH]4)cc3N2)c1. The van der Waals surface area contributed by atoms with Gasteiger partial charge in [-0.05, 0) is 61.0 Å². The van der Waals surface area contributed by atoms with Crippen LogP contribution in [0.3, 0.4) is 0 Å². The van der Waals surface area contributed by atoms with Crippen LogP contribution in [0.4, 0.5) is 17.1 Å². The van der Waals surface area contributed by atoms with Crippen molar-refractivity contribution in [3.8, 4) is 11.4 Å². The molecule has 2 aromatic heterocycles. The van der Waals surface area contributed by atoms with Gasteiger partial charge in [-0.15, -0.1) is 0 Å². The van der Waals surface area contributed by atoms with Crippen LogP contribution in [0.1, 0.15) is 17.4 Å². The molecule has 1 unspecified atom stereocenters. The fourth-order valence-corrected chi connectivity index (χ4v) is 4.30. The maximum absolute atomic E-state index is 5.47. The van der Waals surface area contributed by atoms with Gasteiger partial charge in [0.2, 0.25) is 0 Å². The molecule has 0 radical (unpaired) electrons. The molecule has 4 aromatic rings. The summed E-state index contributed by atoms with van der Waals surface area (Å²) < 4.78 is 5.47. The van der Waals surface area contributed by atoms with Crippen LogP contribution in [0.25, 0.3) is 22.4 Å². The molecule has 1 atom stereocenters. The molecule has 4 heterocycles. The van der Waals surface area contributed by atoms with Gasteiger partial charge in [-0.3, -0.25) is 4.98 Å². The first-order chi connectivity index (χ1) is 15.2. The van der Waals surface area contributed by atoms with Crippen molar-refractivity contribution in [1.82, 2.24) is 15.0 Å². The van der Waals surface area contributed by atoms with Crippen molar-refractivity contribution >= 4 is 28.1 Å². The molecule has 0 saturated carbocycles. The smallest absolute Gasteiger partial charge is 0.141 e. The van der Waals surface area contributed by atoms with Gasteiger partial charge in [0.1, 0.15) is 12.0 Å². The number of anilines is 3. The van der Waals surface area contributed by atoms with Crippen LogP contribution in [-0.2, 0) is 4.74 Å². The first-order valence-corrected chi connectivity index (χ1v) is 10.7. The van der Waals surface area contributed by atoms with Crippen LogP contribution in [0.15, 0.2) is 54.7 Å². The van der Waals surface area contributed by atoms with Crippen molar-refractivity contribution < 1.29 is 4.74 Å². The van der Waals surface area contributed by atoms with Crippen LogP contribution in [0.2, 0.25) is 0 Å². The topological polar surface area (TPSA) is 78.1 Å².